The molecule has 4 atom stereocenters. The molecule has 2 rings (SSSR count). The quantitative estimate of drug-likeness (QED) is 0.399. The van der Waals surface area contributed by atoms with Crippen LogP contribution in [-0.4, -0.2) is 60.1 Å². The van der Waals surface area contributed by atoms with Crippen molar-refractivity contribution in [1.82, 2.24) is 15.5 Å². The van der Waals surface area contributed by atoms with Gasteiger partial charge in [-0.15, -0.1) is 6.42 Å². The number of terminal acetylenes is 1. The number of carbonyl (C=O) groups is 4. The number of esters is 1. The van der Waals surface area contributed by atoms with E-state index in [0.29, 0.717) is 17.5 Å². The summed E-state index contributed by atoms with van der Waals surface area (Å²) in [7, 11) is 1.22. The standard InChI is InChI=1S/C27H37N3O6/c1-9-18-12-10-11-13-19(18)23(24(32)28-15-21(31)35-8)30(20-14-17(20)4)25(33)22(16(2)3)29-26(34)36-27(5,6)7/h1,10-13,16-17,20,22-23H,14-15H2,2-8H3,(H,28,32)(H,29,34). The molecule has 3 amide bonds. The second-order valence-corrected chi connectivity index (χ2v) is 10.3. The Bertz CT molecular complexity index is 1020. The first-order chi connectivity index (χ1) is 16.8. The van der Waals surface area contributed by atoms with Crippen LogP contribution >= 0.6 is 0 Å². The molecular weight excluding hydrogens is 462 g/mol. The van der Waals surface area contributed by atoms with Crippen LogP contribution in [0.25, 0.3) is 0 Å². The molecular formula is C27H37N3O6. The summed E-state index contributed by atoms with van der Waals surface area (Å²) in [5.74, 6) is 0.779. The molecule has 0 aromatic heterocycles. The average molecular weight is 500 g/mol. The fourth-order valence-electron chi connectivity index (χ4n) is 3.89. The molecule has 0 saturated heterocycles. The number of methoxy groups -OCH3 is 1. The maximum Gasteiger partial charge on any atom is 0.408 e. The summed E-state index contributed by atoms with van der Waals surface area (Å²) in [6.07, 6.45) is 5.68. The van der Waals surface area contributed by atoms with Crippen molar-refractivity contribution in [1.29, 1.82) is 0 Å². The number of rotatable bonds is 9. The normalized spacial score (nSPS) is 18.3. The second-order valence-electron chi connectivity index (χ2n) is 10.3. The van der Waals surface area contributed by atoms with Crippen molar-refractivity contribution in [2.45, 2.75) is 71.7 Å². The van der Waals surface area contributed by atoms with Gasteiger partial charge in [-0.2, -0.15) is 0 Å². The monoisotopic (exact) mass is 499 g/mol. The van der Waals surface area contributed by atoms with E-state index < -0.39 is 41.6 Å². The lowest BCUT2D eigenvalue weighted by Crippen LogP contribution is -2.56. The summed E-state index contributed by atoms with van der Waals surface area (Å²) in [6, 6.07) is 4.53. The van der Waals surface area contributed by atoms with Crippen molar-refractivity contribution in [3.8, 4) is 12.3 Å². The first-order valence-electron chi connectivity index (χ1n) is 12.0. The Kier molecular flexibility index (Phi) is 9.51. The van der Waals surface area contributed by atoms with Crippen molar-refractivity contribution in [2.75, 3.05) is 13.7 Å². The molecule has 36 heavy (non-hydrogen) atoms. The van der Waals surface area contributed by atoms with Gasteiger partial charge in [0.1, 0.15) is 24.2 Å². The van der Waals surface area contributed by atoms with Crippen LogP contribution in [0.2, 0.25) is 0 Å². The van der Waals surface area contributed by atoms with Gasteiger partial charge in [-0.3, -0.25) is 14.4 Å². The third kappa shape index (κ3) is 7.48. The van der Waals surface area contributed by atoms with Crippen LogP contribution < -0.4 is 10.6 Å². The van der Waals surface area contributed by atoms with E-state index in [9.17, 15) is 19.2 Å². The number of nitrogens with zero attached hydrogens (tertiary/aromatic N) is 1. The summed E-state index contributed by atoms with van der Waals surface area (Å²) in [5, 5.41) is 5.25. The maximum absolute atomic E-state index is 14.1. The molecule has 4 unspecified atom stereocenters. The number of ether oxygens (including phenoxy) is 2. The van der Waals surface area contributed by atoms with Crippen LogP contribution in [0.1, 0.15) is 65.1 Å². The zero-order valence-corrected chi connectivity index (χ0v) is 22.1. The molecule has 0 spiro atoms. The van der Waals surface area contributed by atoms with E-state index in [-0.39, 0.29) is 24.4 Å². The predicted octanol–water partition coefficient (Wildman–Crippen LogP) is 2.78. The van der Waals surface area contributed by atoms with Gasteiger partial charge >= 0.3 is 12.1 Å². The van der Waals surface area contributed by atoms with E-state index in [4.69, 9.17) is 11.2 Å². The van der Waals surface area contributed by atoms with Gasteiger partial charge in [-0.05, 0) is 50.7 Å². The molecule has 196 valence electrons. The first kappa shape index (κ1) is 28.7. The molecule has 1 saturated carbocycles. The largest absolute Gasteiger partial charge is 0.468 e. The molecule has 9 heteroatoms. The minimum absolute atomic E-state index is 0.136. The van der Waals surface area contributed by atoms with E-state index >= 15 is 0 Å². The maximum atomic E-state index is 14.1. The molecule has 1 fully saturated rings. The molecule has 1 aliphatic rings. The molecule has 0 radical (unpaired) electrons. The summed E-state index contributed by atoms with van der Waals surface area (Å²) in [6.45, 7) is 10.4. The molecule has 0 aliphatic heterocycles. The number of nitrogens with one attached hydrogen (secondary N) is 2. The van der Waals surface area contributed by atoms with E-state index in [1.807, 2.05) is 6.92 Å². The van der Waals surface area contributed by atoms with Crippen LogP contribution in [0.3, 0.4) is 0 Å². The molecule has 1 aliphatic carbocycles. The third-order valence-electron chi connectivity index (χ3n) is 5.86. The van der Waals surface area contributed by atoms with Gasteiger partial charge in [0.05, 0.1) is 7.11 Å². The van der Waals surface area contributed by atoms with Crippen molar-refractivity contribution in [2.24, 2.45) is 11.8 Å². The number of alkyl carbamates (subject to hydrolysis) is 1. The number of carbonyl (C=O) groups excluding carboxylic acids is 4. The Labute approximate surface area is 213 Å². The average Bonchev–Trinajstić information content (AvgIpc) is 3.52. The van der Waals surface area contributed by atoms with Crippen LogP contribution in [0.5, 0.6) is 0 Å². The van der Waals surface area contributed by atoms with Crippen LogP contribution in [0, 0.1) is 24.2 Å². The van der Waals surface area contributed by atoms with Crippen molar-refractivity contribution < 1.29 is 28.7 Å². The fraction of sp³-hybridized carbons (Fsp3) is 0.556. The van der Waals surface area contributed by atoms with Crippen molar-refractivity contribution in [3.05, 3.63) is 35.4 Å². The van der Waals surface area contributed by atoms with Crippen molar-refractivity contribution >= 4 is 23.9 Å². The first-order valence-corrected chi connectivity index (χ1v) is 12.0. The second kappa shape index (κ2) is 11.9. The van der Waals surface area contributed by atoms with Gasteiger partial charge in [-0.25, -0.2) is 4.79 Å². The Morgan fingerprint density at radius 1 is 1.19 bits per heavy atom. The van der Waals surface area contributed by atoms with Gasteiger partial charge in [0.25, 0.3) is 0 Å². The Morgan fingerprint density at radius 3 is 2.31 bits per heavy atom. The van der Waals surface area contributed by atoms with Crippen molar-refractivity contribution in [3.63, 3.8) is 0 Å². The third-order valence-corrected chi connectivity index (χ3v) is 5.86. The zero-order valence-electron chi connectivity index (χ0n) is 22.1. The molecule has 0 heterocycles. The van der Waals surface area contributed by atoms with E-state index in [1.54, 1.807) is 58.9 Å². The number of hydrogen-bond donors (Lipinski definition) is 2. The number of amides is 3. The van der Waals surface area contributed by atoms with E-state index in [1.165, 1.54) is 12.0 Å². The van der Waals surface area contributed by atoms with Gasteiger partial charge in [0.2, 0.25) is 11.8 Å². The highest BCUT2D eigenvalue weighted by Crippen LogP contribution is 2.41. The van der Waals surface area contributed by atoms with Crippen LogP contribution in [0.15, 0.2) is 24.3 Å². The van der Waals surface area contributed by atoms with Gasteiger partial charge in [-0.1, -0.05) is 44.9 Å². The summed E-state index contributed by atoms with van der Waals surface area (Å²) >= 11 is 0. The van der Waals surface area contributed by atoms with E-state index in [0.717, 1.165) is 0 Å². The summed E-state index contributed by atoms with van der Waals surface area (Å²) in [5.41, 5.74) is 0.152. The van der Waals surface area contributed by atoms with Crippen LogP contribution in [-0.2, 0) is 23.9 Å². The lowest BCUT2D eigenvalue weighted by atomic mass is 9.95. The summed E-state index contributed by atoms with van der Waals surface area (Å²) in [4.78, 5) is 53.4. The highest BCUT2D eigenvalue weighted by molar-refractivity contribution is 5.94. The Morgan fingerprint density at radius 2 is 1.81 bits per heavy atom. The van der Waals surface area contributed by atoms with Gasteiger partial charge in [0, 0.05) is 11.6 Å². The molecule has 1 aromatic carbocycles. The topological polar surface area (TPSA) is 114 Å². The minimum atomic E-state index is -1.12. The minimum Gasteiger partial charge on any atom is -0.468 e. The highest BCUT2D eigenvalue weighted by Gasteiger charge is 2.49. The number of benzene rings is 1. The van der Waals surface area contributed by atoms with E-state index in [2.05, 4.69) is 21.3 Å². The SMILES string of the molecule is C#Cc1ccccc1C(C(=O)NCC(=O)OC)N(C(=O)C(NC(=O)OC(C)(C)C)C(C)C)C1CC1C. The number of hydrogen-bond acceptors (Lipinski definition) is 6. The lowest BCUT2D eigenvalue weighted by molar-refractivity contribution is -0.146. The fourth-order valence-corrected chi connectivity index (χ4v) is 3.89. The predicted molar refractivity (Wildman–Crippen MR) is 135 cm³/mol. The molecule has 0 bridgehead atoms. The summed E-state index contributed by atoms with van der Waals surface area (Å²) < 4.78 is 10.0. The molecule has 9 nitrogen and oxygen atoms in total. The Hall–Kier alpha value is -3.54. The molecule has 1 aromatic rings. The lowest BCUT2D eigenvalue weighted by Gasteiger charge is -2.36. The zero-order chi connectivity index (χ0) is 27.2. The Balaban J connectivity index is 2.53. The van der Waals surface area contributed by atoms with Gasteiger partial charge in [0.15, 0.2) is 0 Å². The highest BCUT2D eigenvalue weighted by atomic mass is 16.6. The van der Waals surface area contributed by atoms with Gasteiger partial charge < -0.3 is 25.0 Å². The van der Waals surface area contributed by atoms with Crippen LogP contribution in [0.4, 0.5) is 4.79 Å². The smallest absolute Gasteiger partial charge is 0.408 e. The molecule has 2 N–H and O–H groups in total.